The lowest BCUT2D eigenvalue weighted by molar-refractivity contribution is -0.132. The van der Waals surface area contributed by atoms with Crippen LogP contribution in [0.5, 0.6) is 0 Å². The van der Waals surface area contributed by atoms with Crippen molar-refractivity contribution in [3.05, 3.63) is 35.9 Å². The largest absolute Gasteiger partial charge is 0.319 e. The molecule has 0 spiro atoms. The van der Waals surface area contributed by atoms with Crippen molar-refractivity contribution >= 4 is 5.91 Å². The molecule has 1 aromatic rings. The van der Waals surface area contributed by atoms with Crippen molar-refractivity contribution in [1.82, 2.24) is 10.2 Å². The number of rotatable bonds is 3. The predicted octanol–water partition coefficient (Wildman–Crippen LogP) is 3.62. The molecule has 1 heterocycles. The van der Waals surface area contributed by atoms with Crippen molar-refractivity contribution < 1.29 is 4.79 Å². The second kappa shape index (κ2) is 6.61. The average molecular weight is 286 g/mol. The summed E-state index contributed by atoms with van der Waals surface area (Å²) >= 11 is 0. The maximum Gasteiger partial charge on any atom is 0.241 e. The maximum absolute atomic E-state index is 12.8. The average Bonchev–Trinajstić information content (AvgIpc) is 2.69. The Morgan fingerprint density at radius 3 is 2.38 bits per heavy atom. The molecule has 2 atom stereocenters. The minimum Gasteiger partial charge on any atom is -0.319 e. The molecule has 1 N–H and O–H groups in total. The Morgan fingerprint density at radius 1 is 1.10 bits per heavy atom. The first-order valence-corrected chi connectivity index (χ1v) is 8.44. The molecular formula is C18H26N2O. The van der Waals surface area contributed by atoms with Crippen LogP contribution in [-0.2, 0) is 4.79 Å². The summed E-state index contributed by atoms with van der Waals surface area (Å²) in [7, 11) is 0. The lowest BCUT2D eigenvalue weighted by atomic mass is 10.0. The third kappa shape index (κ3) is 2.98. The lowest BCUT2D eigenvalue weighted by Crippen LogP contribution is -2.40. The zero-order valence-corrected chi connectivity index (χ0v) is 12.9. The van der Waals surface area contributed by atoms with Crippen molar-refractivity contribution in [1.29, 1.82) is 0 Å². The minimum atomic E-state index is -0.0153. The van der Waals surface area contributed by atoms with E-state index >= 15 is 0 Å². The quantitative estimate of drug-likeness (QED) is 0.861. The van der Waals surface area contributed by atoms with Gasteiger partial charge in [-0.2, -0.15) is 0 Å². The molecule has 3 nitrogen and oxygen atoms in total. The van der Waals surface area contributed by atoms with Gasteiger partial charge in [-0.05, 0) is 24.8 Å². The van der Waals surface area contributed by atoms with Crippen LogP contribution in [0.3, 0.4) is 0 Å². The van der Waals surface area contributed by atoms with Gasteiger partial charge in [-0.1, -0.05) is 62.9 Å². The van der Waals surface area contributed by atoms with E-state index in [2.05, 4.69) is 41.4 Å². The van der Waals surface area contributed by atoms with Gasteiger partial charge in [0.25, 0.3) is 0 Å². The number of nitrogens with one attached hydrogen (secondary N) is 1. The molecule has 1 saturated heterocycles. The van der Waals surface area contributed by atoms with Gasteiger partial charge in [0.15, 0.2) is 0 Å². The molecule has 1 amide bonds. The highest BCUT2D eigenvalue weighted by molar-refractivity contribution is 5.84. The number of nitrogens with zero attached hydrogens (tertiary/aromatic N) is 1. The highest BCUT2D eigenvalue weighted by atomic mass is 16.2. The van der Waals surface area contributed by atoms with E-state index in [4.69, 9.17) is 0 Å². The second-order valence-electron chi connectivity index (χ2n) is 6.33. The molecule has 0 aromatic heterocycles. The first-order valence-electron chi connectivity index (χ1n) is 8.44. The zero-order chi connectivity index (χ0) is 14.7. The molecule has 1 aliphatic heterocycles. The van der Waals surface area contributed by atoms with Crippen molar-refractivity contribution in [3.63, 3.8) is 0 Å². The summed E-state index contributed by atoms with van der Waals surface area (Å²) in [5.41, 5.74) is 1.21. The Kier molecular flexibility index (Phi) is 4.59. The fraction of sp³-hybridized carbons (Fsp3) is 0.611. The van der Waals surface area contributed by atoms with Gasteiger partial charge in [0.2, 0.25) is 5.91 Å². The Bertz CT molecular complexity index is 465. The van der Waals surface area contributed by atoms with Gasteiger partial charge < -0.3 is 4.90 Å². The van der Waals surface area contributed by atoms with Crippen molar-refractivity contribution in [3.8, 4) is 0 Å². The minimum absolute atomic E-state index is 0.0153. The molecule has 1 aromatic carbocycles. The summed E-state index contributed by atoms with van der Waals surface area (Å²) in [6, 6.07) is 10.8. The summed E-state index contributed by atoms with van der Waals surface area (Å²) in [5.74, 6) is 0.304. The van der Waals surface area contributed by atoms with E-state index in [0.717, 1.165) is 19.3 Å². The Labute approximate surface area is 127 Å². The second-order valence-corrected chi connectivity index (χ2v) is 6.33. The van der Waals surface area contributed by atoms with Crippen molar-refractivity contribution in [2.75, 3.05) is 0 Å². The molecule has 114 valence electrons. The monoisotopic (exact) mass is 286 g/mol. The molecule has 2 fully saturated rings. The molecule has 2 unspecified atom stereocenters. The molecular weight excluding hydrogens is 260 g/mol. The van der Waals surface area contributed by atoms with Gasteiger partial charge in [0, 0.05) is 6.04 Å². The van der Waals surface area contributed by atoms with Crippen molar-refractivity contribution in [2.24, 2.45) is 0 Å². The maximum atomic E-state index is 12.8. The number of amides is 1. The summed E-state index contributed by atoms with van der Waals surface area (Å²) < 4.78 is 0. The molecule has 21 heavy (non-hydrogen) atoms. The van der Waals surface area contributed by atoms with E-state index in [1.807, 2.05) is 6.07 Å². The molecule has 3 heteroatoms. The Morgan fingerprint density at radius 2 is 1.76 bits per heavy atom. The van der Waals surface area contributed by atoms with Crippen LogP contribution in [0.4, 0.5) is 0 Å². The van der Waals surface area contributed by atoms with Crippen LogP contribution in [0.25, 0.3) is 0 Å². The fourth-order valence-corrected chi connectivity index (χ4v) is 3.76. The first kappa shape index (κ1) is 14.6. The SMILES string of the molecule is CCC1NC(c2ccccc2)N(C2CCCCCC2)C1=O. The van der Waals surface area contributed by atoms with E-state index in [-0.39, 0.29) is 12.2 Å². The molecule has 0 bridgehead atoms. The van der Waals surface area contributed by atoms with Crippen LogP contribution in [0.2, 0.25) is 0 Å². The summed E-state index contributed by atoms with van der Waals surface area (Å²) in [6.45, 7) is 2.09. The molecule has 3 rings (SSSR count). The standard InChI is InChI=1S/C18H26N2O/c1-2-16-18(21)20(15-12-8-3-4-9-13-15)17(19-16)14-10-6-5-7-11-14/h5-7,10-11,15-17,19H,2-4,8-9,12-13H2,1H3. The first-order chi connectivity index (χ1) is 10.3. The van der Waals surface area contributed by atoms with E-state index in [1.54, 1.807) is 0 Å². The van der Waals surface area contributed by atoms with Gasteiger partial charge in [-0.25, -0.2) is 0 Å². The van der Waals surface area contributed by atoms with Gasteiger partial charge in [0.1, 0.15) is 6.17 Å². The highest BCUT2D eigenvalue weighted by Gasteiger charge is 2.42. The van der Waals surface area contributed by atoms with Crippen LogP contribution in [0.1, 0.15) is 63.6 Å². The molecule has 2 aliphatic rings. The van der Waals surface area contributed by atoms with Crippen LogP contribution < -0.4 is 5.32 Å². The Hall–Kier alpha value is -1.35. The fourth-order valence-electron chi connectivity index (χ4n) is 3.76. The third-order valence-electron chi connectivity index (χ3n) is 4.93. The molecule has 1 aliphatic carbocycles. The van der Waals surface area contributed by atoms with E-state index in [1.165, 1.54) is 31.2 Å². The van der Waals surface area contributed by atoms with Gasteiger partial charge in [0.05, 0.1) is 6.04 Å². The van der Waals surface area contributed by atoms with E-state index in [0.29, 0.717) is 11.9 Å². The van der Waals surface area contributed by atoms with Gasteiger partial charge in [-0.3, -0.25) is 10.1 Å². The van der Waals surface area contributed by atoms with Crippen LogP contribution in [-0.4, -0.2) is 22.9 Å². The lowest BCUT2D eigenvalue weighted by Gasteiger charge is -2.32. The van der Waals surface area contributed by atoms with Crippen LogP contribution in [0.15, 0.2) is 30.3 Å². The summed E-state index contributed by atoms with van der Waals surface area (Å²) in [6.07, 6.45) is 8.40. The molecule has 0 radical (unpaired) electrons. The van der Waals surface area contributed by atoms with Crippen LogP contribution in [0, 0.1) is 0 Å². The number of carbonyl (C=O) groups is 1. The smallest absolute Gasteiger partial charge is 0.241 e. The summed E-state index contributed by atoms with van der Waals surface area (Å²) in [5, 5.41) is 3.55. The van der Waals surface area contributed by atoms with E-state index in [9.17, 15) is 4.79 Å². The van der Waals surface area contributed by atoms with Crippen LogP contribution >= 0.6 is 0 Å². The topological polar surface area (TPSA) is 32.3 Å². The van der Waals surface area contributed by atoms with Crippen molar-refractivity contribution in [2.45, 2.75) is 70.1 Å². The normalized spacial score (nSPS) is 27.9. The zero-order valence-electron chi connectivity index (χ0n) is 12.9. The van der Waals surface area contributed by atoms with Gasteiger partial charge >= 0.3 is 0 Å². The van der Waals surface area contributed by atoms with E-state index < -0.39 is 0 Å². The third-order valence-corrected chi connectivity index (χ3v) is 4.93. The number of carbonyl (C=O) groups excluding carboxylic acids is 1. The Balaban J connectivity index is 1.87. The highest BCUT2D eigenvalue weighted by Crippen LogP contribution is 2.33. The number of hydrogen-bond acceptors (Lipinski definition) is 2. The number of hydrogen-bond donors (Lipinski definition) is 1. The number of benzene rings is 1. The predicted molar refractivity (Wildman–Crippen MR) is 84.7 cm³/mol. The molecule has 1 saturated carbocycles. The van der Waals surface area contributed by atoms with Gasteiger partial charge in [-0.15, -0.1) is 0 Å². The summed E-state index contributed by atoms with van der Waals surface area (Å²) in [4.78, 5) is 15.0.